The zero-order chi connectivity index (χ0) is 13.4. The molecule has 0 atom stereocenters. The summed E-state index contributed by atoms with van der Waals surface area (Å²) in [7, 11) is 0. The summed E-state index contributed by atoms with van der Waals surface area (Å²) in [6.45, 7) is 0.709. The zero-order valence-corrected chi connectivity index (χ0v) is 11.2. The Balaban J connectivity index is 1.83. The number of nitrogens with two attached hydrogens (primary N) is 1. The summed E-state index contributed by atoms with van der Waals surface area (Å²) in [5.41, 5.74) is 6.32. The van der Waals surface area contributed by atoms with Crippen LogP contribution in [0.2, 0.25) is 0 Å². The molecule has 1 fully saturated rings. The third-order valence-corrected chi connectivity index (χ3v) is 4.86. The summed E-state index contributed by atoms with van der Waals surface area (Å²) in [6.07, 6.45) is 3.63. The Morgan fingerprint density at radius 1 is 1.47 bits per heavy atom. The molecule has 1 heterocycles. The molecule has 3 N–H and O–H groups in total. The van der Waals surface area contributed by atoms with Crippen LogP contribution in [0, 0.1) is 11.7 Å². The zero-order valence-electron chi connectivity index (χ0n) is 10.4. The van der Waals surface area contributed by atoms with E-state index in [0.29, 0.717) is 28.4 Å². The van der Waals surface area contributed by atoms with Crippen LogP contribution >= 0.6 is 11.3 Å². The van der Waals surface area contributed by atoms with Crippen LogP contribution in [-0.4, -0.2) is 12.5 Å². The Hall–Kier alpha value is -1.62. The van der Waals surface area contributed by atoms with Gasteiger partial charge in [-0.1, -0.05) is 6.42 Å². The highest BCUT2D eigenvalue weighted by Crippen LogP contribution is 2.34. The van der Waals surface area contributed by atoms with Gasteiger partial charge in [0.1, 0.15) is 10.7 Å². The Morgan fingerprint density at radius 3 is 2.95 bits per heavy atom. The van der Waals surface area contributed by atoms with E-state index >= 15 is 0 Å². The van der Waals surface area contributed by atoms with Gasteiger partial charge < -0.3 is 11.1 Å². The highest BCUT2D eigenvalue weighted by atomic mass is 32.1. The molecular weight excluding hydrogens is 263 g/mol. The molecule has 0 radical (unpaired) electrons. The molecule has 100 valence electrons. The van der Waals surface area contributed by atoms with Crippen LogP contribution in [0.1, 0.15) is 28.9 Å². The maximum Gasteiger partial charge on any atom is 0.263 e. The quantitative estimate of drug-likeness (QED) is 0.906. The molecule has 2 aromatic rings. The van der Waals surface area contributed by atoms with E-state index in [1.807, 2.05) is 0 Å². The first kappa shape index (κ1) is 12.4. The summed E-state index contributed by atoms with van der Waals surface area (Å²) >= 11 is 1.31. The van der Waals surface area contributed by atoms with E-state index < -0.39 is 0 Å². The van der Waals surface area contributed by atoms with Crippen LogP contribution in [0.3, 0.4) is 0 Å². The molecule has 1 aromatic carbocycles. The van der Waals surface area contributed by atoms with E-state index in [9.17, 15) is 9.18 Å². The summed E-state index contributed by atoms with van der Waals surface area (Å²) < 4.78 is 14.0. The first-order chi connectivity index (χ1) is 9.15. The third kappa shape index (κ3) is 2.30. The normalized spacial score (nSPS) is 15.4. The van der Waals surface area contributed by atoms with Crippen molar-refractivity contribution in [3.05, 3.63) is 28.9 Å². The number of halogens is 1. The Morgan fingerprint density at radius 2 is 2.26 bits per heavy atom. The lowest BCUT2D eigenvalue weighted by atomic mass is 9.85. The number of benzene rings is 1. The molecule has 1 saturated carbocycles. The van der Waals surface area contributed by atoms with E-state index in [1.165, 1.54) is 42.7 Å². The first-order valence-corrected chi connectivity index (χ1v) is 7.22. The predicted molar refractivity (Wildman–Crippen MR) is 75.9 cm³/mol. The second-order valence-electron chi connectivity index (χ2n) is 4.99. The number of carbonyl (C=O) groups is 1. The Kier molecular flexibility index (Phi) is 3.14. The summed E-state index contributed by atoms with van der Waals surface area (Å²) in [5.74, 6) is 0.126. The fourth-order valence-corrected chi connectivity index (χ4v) is 3.29. The fraction of sp³-hybridized carbons (Fsp3) is 0.357. The van der Waals surface area contributed by atoms with Gasteiger partial charge in [0, 0.05) is 16.6 Å². The second-order valence-corrected chi connectivity index (χ2v) is 6.04. The lowest BCUT2D eigenvalue weighted by Crippen LogP contribution is -2.32. The minimum atomic E-state index is -0.335. The summed E-state index contributed by atoms with van der Waals surface area (Å²) in [4.78, 5) is 12.6. The van der Waals surface area contributed by atoms with Crippen molar-refractivity contribution in [3.63, 3.8) is 0 Å². The van der Waals surface area contributed by atoms with Gasteiger partial charge in [-0.2, -0.15) is 0 Å². The molecular formula is C14H15FN2OS. The van der Waals surface area contributed by atoms with Gasteiger partial charge in [0.05, 0.1) is 5.69 Å². The van der Waals surface area contributed by atoms with Crippen molar-refractivity contribution in [2.24, 2.45) is 5.92 Å². The van der Waals surface area contributed by atoms with Gasteiger partial charge >= 0.3 is 0 Å². The molecule has 0 unspecified atom stereocenters. The Labute approximate surface area is 114 Å². The minimum absolute atomic E-state index is 0.147. The lowest BCUT2D eigenvalue weighted by Gasteiger charge is -2.25. The molecule has 0 aliphatic heterocycles. The van der Waals surface area contributed by atoms with Gasteiger partial charge in [-0.05, 0) is 37.0 Å². The molecule has 19 heavy (non-hydrogen) atoms. The average Bonchev–Trinajstić information content (AvgIpc) is 2.65. The standard InChI is InChI=1S/C14H15FN2OS/c15-9-4-5-11-10(6-9)12(16)13(19-11)14(18)17-7-8-2-1-3-8/h4-6,8H,1-3,7,16H2,(H,17,18). The van der Waals surface area contributed by atoms with Crippen LogP contribution in [0.5, 0.6) is 0 Å². The fourth-order valence-electron chi connectivity index (χ4n) is 2.27. The molecule has 0 bridgehead atoms. The summed E-state index contributed by atoms with van der Waals surface area (Å²) in [5, 5.41) is 3.54. The van der Waals surface area contributed by atoms with Gasteiger partial charge in [0.2, 0.25) is 0 Å². The SMILES string of the molecule is Nc1c(C(=O)NCC2CCC2)sc2ccc(F)cc12. The van der Waals surface area contributed by atoms with Crippen LogP contribution < -0.4 is 11.1 Å². The highest BCUT2D eigenvalue weighted by molar-refractivity contribution is 7.21. The molecule has 3 rings (SSSR count). The number of rotatable bonds is 3. The van der Waals surface area contributed by atoms with Crippen molar-refractivity contribution in [1.82, 2.24) is 5.32 Å². The van der Waals surface area contributed by atoms with E-state index in [0.717, 1.165) is 4.70 Å². The second kappa shape index (κ2) is 4.81. The van der Waals surface area contributed by atoms with E-state index in [1.54, 1.807) is 6.07 Å². The number of carbonyl (C=O) groups excluding carboxylic acids is 1. The van der Waals surface area contributed by atoms with E-state index in [4.69, 9.17) is 5.73 Å². The van der Waals surface area contributed by atoms with E-state index in [-0.39, 0.29) is 11.7 Å². The number of anilines is 1. The van der Waals surface area contributed by atoms with Gasteiger partial charge in [-0.15, -0.1) is 11.3 Å². The number of nitrogen functional groups attached to an aromatic ring is 1. The van der Waals surface area contributed by atoms with Crippen LogP contribution in [-0.2, 0) is 0 Å². The maximum absolute atomic E-state index is 13.2. The largest absolute Gasteiger partial charge is 0.397 e. The van der Waals surface area contributed by atoms with Crippen molar-refractivity contribution < 1.29 is 9.18 Å². The van der Waals surface area contributed by atoms with Crippen LogP contribution in [0.25, 0.3) is 10.1 Å². The molecule has 0 spiro atoms. The van der Waals surface area contributed by atoms with Gasteiger partial charge in [-0.25, -0.2) is 4.39 Å². The van der Waals surface area contributed by atoms with Crippen molar-refractivity contribution in [2.45, 2.75) is 19.3 Å². The van der Waals surface area contributed by atoms with Gasteiger partial charge in [-0.3, -0.25) is 4.79 Å². The molecule has 1 aliphatic carbocycles. The van der Waals surface area contributed by atoms with Crippen molar-refractivity contribution in [3.8, 4) is 0 Å². The van der Waals surface area contributed by atoms with Crippen molar-refractivity contribution in [2.75, 3.05) is 12.3 Å². The first-order valence-electron chi connectivity index (χ1n) is 6.41. The number of nitrogens with one attached hydrogen (secondary N) is 1. The topological polar surface area (TPSA) is 55.1 Å². The molecule has 1 aromatic heterocycles. The molecule has 5 heteroatoms. The predicted octanol–water partition coefficient (Wildman–Crippen LogP) is 3.15. The minimum Gasteiger partial charge on any atom is -0.397 e. The summed E-state index contributed by atoms with van der Waals surface area (Å²) in [6, 6.07) is 4.42. The Bertz CT molecular complexity index is 634. The van der Waals surface area contributed by atoms with Gasteiger partial charge in [0.25, 0.3) is 5.91 Å². The molecule has 0 saturated heterocycles. The molecule has 1 amide bonds. The average molecular weight is 278 g/mol. The monoisotopic (exact) mass is 278 g/mol. The smallest absolute Gasteiger partial charge is 0.263 e. The lowest BCUT2D eigenvalue weighted by molar-refractivity contribution is 0.0944. The molecule has 1 aliphatic rings. The van der Waals surface area contributed by atoms with Crippen molar-refractivity contribution >= 4 is 33.0 Å². The maximum atomic E-state index is 13.2. The highest BCUT2D eigenvalue weighted by Gasteiger charge is 2.21. The van der Waals surface area contributed by atoms with E-state index in [2.05, 4.69) is 5.32 Å². The number of thiophene rings is 1. The van der Waals surface area contributed by atoms with Crippen LogP contribution in [0.15, 0.2) is 18.2 Å². The third-order valence-electron chi connectivity index (χ3n) is 3.67. The van der Waals surface area contributed by atoms with Crippen LogP contribution in [0.4, 0.5) is 10.1 Å². The number of fused-ring (bicyclic) bond motifs is 1. The van der Waals surface area contributed by atoms with Crippen molar-refractivity contribution in [1.29, 1.82) is 0 Å². The number of amides is 1. The number of hydrogen-bond acceptors (Lipinski definition) is 3. The van der Waals surface area contributed by atoms with Gasteiger partial charge in [0.15, 0.2) is 0 Å². The molecule has 3 nitrogen and oxygen atoms in total. The number of hydrogen-bond donors (Lipinski definition) is 2.